The summed E-state index contributed by atoms with van der Waals surface area (Å²) >= 11 is 0. The minimum Gasteiger partial charge on any atom is -0.496 e. The van der Waals surface area contributed by atoms with Gasteiger partial charge < -0.3 is 4.74 Å². The van der Waals surface area contributed by atoms with E-state index in [0.717, 1.165) is 43.8 Å². The molecule has 2 aromatic rings. The van der Waals surface area contributed by atoms with Gasteiger partial charge in [-0.2, -0.15) is 5.10 Å². The SMILES string of the molecule is COc1ccc(CN2CCC[C@@H](CS(C)(=O)=O)C2)cc1Cn1cncn1. The third-order valence-electron chi connectivity index (χ3n) is 4.69. The number of likely N-dealkylation sites (tertiary alicyclic amines) is 1. The van der Waals surface area contributed by atoms with Gasteiger partial charge in [0.1, 0.15) is 28.2 Å². The Morgan fingerprint density at radius 3 is 2.85 bits per heavy atom. The summed E-state index contributed by atoms with van der Waals surface area (Å²) in [7, 11) is -1.26. The zero-order valence-corrected chi connectivity index (χ0v) is 16.2. The van der Waals surface area contributed by atoms with E-state index in [9.17, 15) is 8.42 Å². The molecule has 3 rings (SSSR count). The average molecular weight is 378 g/mol. The number of ether oxygens (including phenoxy) is 1. The number of methoxy groups -OCH3 is 1. The number of sulfone groups is 1. The Bertz CT molecular complexity index is 821. The highest BCUT2D eigenvalue weighted by molar-refractivity contribution is 7.90. The van der Waals surface area contributed by atoms with Crippen molar-refractivity contribution in [3.8, 4) is 5.75 Å². The van der Waals surface area contributed by atoms with Crippen molar-refractivity contribution in [2.45, 2.75) is 25.9 Å². The number of rotatable bonds is 7. The zero-order chi connectivity index (χ0) is 18.6. The number of piperidine rings is 1. The molecule has 0 amide bonds. The van der Waals surface area contributed by atoms with E-state index >= 15 is 0 Å². The van der Waals surface area contributed by atoms with Gasteiger partial charge in [-0.1, -0.05) is 6.07 Å². The molecule has 1 aliphatic heterocycles. The molecule has 142 valence electrons. The Kier molecular flexibility index (Phi) is 5.93. The van der Waals surface area contributed by atoms with Gasteiger partial charge in [0.05, 0.1) is 19.4 Å². The van der Waals surface area contributed by atoms with E-state index in [4.69, 9.17) is 4.74 Å². The van der Waals surface area contributed by atoms with Crippen LogP contribution < -0.4 is 4.74 Å². The summed E-state index contributed by atoms with van der Waals surface area (Å²) in [6.45, 7) is 3.25. The summed E-state index contributed by atoms with van der Waals surface area (Å²) in [5.41, 5.74) is 2.25. The van der Waals surface area contributed by atoms with Crippen molar-refractivity contribution < 1.29 is 13.2 Å². The summed E-state index contributed by atoms with van der Waals surface area (Å²) in [6.07, 6.45) is 6.57. The second-order valence-electron chi connectivity index (χ2n) is 7.08. The molecular formula is C18H26N4O3S. The van der Waals surface area contributed by atoms with Crippen LogP contribution in [0.3, 0.4) is 0 Å². The number of nitrogens with zero attached hydrogens (tertiary/aromatic N) is 4. The highest BCUT2D eigenvalue weighted by Crippen LogP contribution is 2.24. The van der Waals surface area contributed by atoms with Gasteiger partial charge in [-0.3, -0.25) is 4.90 Å². The van der Waals surface area contributed by atoms with Gasteiger partial charge in [-0.05, 0) is 43.0 Å². The van der Waals surface area contributed by atoms with Crippen molar-refractivity contribution in [2.24, 2.45) is 5.92 Å². The number of hydrogen-bond donors (Lipinski definition) is 0. The van der Waals surface area contributed by atoms with E-state index in [2.05, 4.69) is 27.1 Å². The molecular weight excluding hydrogens is 352 g/mol. The van der Waals surface area contributed by atoms with Crippen LogP contribution in [0.1, 0.15) is 24.0 Å². The molecule has 0 radical (unpaired) electrons. The lowest BCUT2D eigenvalue weighted by Gasteiger charge is -2.32. The maximum atomic E-state index is 11.6. The number of benzene rings is 1. The summed E-state index contributed by atoms with van der Waals surface area (Å²) in [4.78, 5) is 6.33. The van der Waals surface area contributed by atoms with Crippen molar-refractivity contribution in [1.29, 1.82) is 0 Å². The molecule has 1 aromatic carbocycles. The van der Waals surface area contributed by atoms with Gasteiger partial charge in [-0.15, -0.1) is 0 Å². The van der Waals surface area contributed by atoms with Crippen molar-refractivity contribution in [1.82, 2.24) is 19.7 Å². The first-order chi connectivity index (χ1) is 12.4. The van der Waals surface area contributed by atoms with Crippen molar-refractivity contribution in [2.75, 3.05) is 32.2 Å². The maximum Gasteiger partial charge on any atom is 0.147 e. The molecule has 0 N–H and O–H groups in total. The third-order valence-corrected chi connectivity index (χ3v) is 5.77. The van der Waals surface area contributed by atoms with Gasteiger partial charge in [0, 0.05) is 24.9 Å². The Morgan fingerprint density at radius 1 is 1.31 bits per heavy atom. The van der Waals surface area contributed by atoms with Crippen molar-refractivity contribution in [3.05, 3.63) is 42.0 Å². The van der Waals surface area contributed by atoms with Crippen LogP contribution in [0.15, 0.2) is 30.9 Å². The standard InChI is InChI=1S/C18H26N4O3S/c1-25-18-6-5-15(8-17(18)11-22-14-19-13-20-22)9-21-7-3-4-16(10-21)12-26(2,23)24/h5-6,8,13-14,16H,3-4,7,9-12H2,1-2H3/t16-/m1/s1. The van der Waals surface area contributed by atoms with Crippen molar-refractivity contribution >= 4 is 9.84 Å². The molecule has 1 atom stereocenters. The van der Waals surface area contributed by atoms with Gasteiger partial charge in [0.25, 0.3) is 0 Å². The molecule has 0 unspecified atom stereocenters. The minimum absolute atomic E-state index is 0.228. The van der Waals surface area contributed by atoms with E-state index in [1.165, 1.54) is 18.1 Å². The summed E-state index contributed by atoms with van der Waals surface area (Å²) in [5.74, 6) is 1.34. The molecule has 0 bridgehead atoms. The van der Waals surface area contributed by atoms with Crippen LogP contribution in [0, 0.1) is 5.92 Å². The summed E-state index contributed by atoms with van der Waals surface area (Å²) in [6, 6.07) is 6.20. The normalized spacial score (nSPS) is 18.8. The van der Waals surface area contributed by atoms with Crippen LogP contribution in [-0.2, 0) is 22.9 Å². The summed E-state index contributed by atoms with van der Waals surface area (Å²) < 4.78 is 30.4. The quantitative estimate of drug-likeness (QED) is 0.728. The molecule has 1 aromatic heterocycles. The third kappa shape index (κ3) is 5.28. The van der Waals surface area contributed by atoms with Gasteiger partial charge in [0.2, 0.25) is 0 Å². The van der Waals surface area contributed by atoms with Crippen LogP contribution >= 0.6 is 0 Å². The van der Waals surface area contributed by atoms with E-state index in [1.807, 2.05) is 6.07 Å². The van der Waals surface area contributed by atoms with E-state index in [0.29, 0.717) is 6.54 Å². The predicted molar refractivity (Wildman–Crippen MR) is 99.8 cm³/mol. The fourth-order valence-corrected chi connectivity index (χ4v) is 4.79. The van der Waals surface area contributed by atoms with Crippen LogP contribution in [0.5, 0.6) is 5.75 Å². The zero-order valence-electron chi connectivity index (χ0n) is 15.3. The van der Waals surface area contributed by atoms with E-state index in [-0.39, 0.29) is 11.7 Å². The monoisotopic (exact) mass is 378 g/mol. The fourth-order valence-electron chi connectivity index (χ4n) is 3.66. The first-order valence-corrected chi connectivity index (χ1v) is 10.9. The Balaban J connectivity index is 1.69. The molecule has 0 saturated carbocycles. The van der Waals surface area contributed by atoms with E-state index < -0.39 is 9.84 Å². The Morgan fingerprint density at radius 2 is 2.15 bits per heavy atom. The topological polar surface area (TPSA) is 77.3 Å². The Hall–Kier alpha value is -1.93. The van der Waals surface area contributed by atoms with Gasteiger partial charge in [-0.25, -0.2) is 18.1 Å². The van der Waals surface area contributed by atoms with Crippen LogP contribution in [0.25, 0.3) is 0 Å². The second-order valence-corrected chi connectivity index (χ2v) is 9.26. The predicted octanol–water partition coefficient (Wildman–Crippen LogP) is 1.59. The lowest BCUT2D eigenvalue weighted by molar-refractivity contribution is 0.177. The molecule has 1 fully saturated rings. The molecule has 7 nitrogen and oxygen atoms in total. The lowest BCUT2D eigenvalue weighted by Crippen LogP contribution is -2.37. The van der Waals surface area contributed by atoms with Crippen LogP contribution in [-0.4, -0.2) is 60.3 Å². The second kappa shape index (κ2) is 8.18. The van der Waals surface area contributed by atoms with Crippen molar-refractivity contribution in [3.63, 3.8) is 0 Å². The first kappa shape index (κ1) is 18.8. The van der Waals surface area contributed by atoms with E-state index in [1.54, 1.807) is 18.1 Å². The highest BCUT2D eigenvalue weighted by Gasteiger charge is 2.23. The maximum absolute atomic E-state index is 11.6. The number of aromatic nitrogens is 3. The van der Waals surface area contributed by atoms with Crippen LogP contribution in [0.4, 0.5) is 0 Å². The Labute approximate surface area is 154 Å². The molecule has 0 aliphatic carbocycles. The fraction of sp³-hybridized carbons (Fsp3) is 0.556. The molecule has 0 spiro atoms. The van der Waals surface area contributed by atoms with Crippen LogP contribution in [0.2, 0.25) is 0 Å². The molecule has 1 saturated heterocycles. The molecule has 26 heavy (non-hydrogen) atoms. The first-order valence-electron chi connectivity index (χ1n) is 8.81. The molecule has 8 heteroatoms. The van der Waals surface area contributed by atoms with Gasteiger partial charge in [0.15, 0.2) is 0 Å². The van der Waals surface area contributed by atoms with Gasteiger partial charge >= 0.3 is 0 Å². The summed E-state index contributed by atoms with van der Waals surface area (Å²) in [5, 5.41) is 4.16. The number of hydrogen-bond acceptors (Lipinski definition) is 6. The smallest absolute Gasteiger partial charge is 0.147 e. The average Bonchev–Trinajstić information content (AvgIpc) is 3.07. The molecule has 1 aliphatic rings. The molecule has 2 heterocycles. The largest absolute Gasteiger partial charge is 0.496 e. The minimum atomic E-state index is -2.92. The lowest BCUT2D eigenvalue weighted by atomic mass is 9.99. The highest BCUT2D eigenvalue weighted by atomic mass is 32.2.